The van der Waals surface area contributed by atoms with Crippen LogP contribution in [0, 0.1) is 0 Å². The van der Waals surface area contributed by atoms with Crippen molar-refractivity contribution in [2.75, 3.05) is 33.2 Å². The fourth-order valence-corrected chi connectivity index (χ4v) is 2.64. The standard InChI is InChI=1S/C16H25N3O/c1-13(14-6-4-3-5-7-14)10-18-16(20)12-19-9-8-15(11-19)17-2/h3-7,13,15,17H,8-12H2,1-2H3,(H,18,20). The molecule has 2 N–H and O–H groups in total. The van der Waals surface area contributed by atoms with Gasteiger partial charge in [0, 0.05) is 25.7 Å². The van der Waals surface area contributed by atoms with Crippen LogP contribution in [0.2, 0.25) is 0 Å². The summed E-state index contributed by atoms with van der Waals surface area (Å²) in [5, 5.41) is 6.31. The Labute approximate surface area is 121 Å². The fraction of sp³-hybridized carbons (Fsp3) is 0.562. The van der Waals surface area contributed by atoms with Crippen molar-refractivity contribution in [3.8, 4) is 0 Å². The summed E-state index contributed by atoms with van der Waals surface area (Å²) < 4.78 is 0. The van der Waals surface area contributed by atoms with Gasteiger partial charge in [-0.1, -0.05) is 37.3 Å². The van der Waals surface area contributed by atoms with E-state index in [2.05, 4.69) is 34.6 Å². The Kier molecular flexibility index (Phi) is 5.56. The summed E-state index contributed by atoms with van der Waals surface area (Å²) in [6.07, 6.45) is 1.13. The van der Waals surface area contributed by atoms with Crippen molar-refractivity contribution in [2.45, 2.75) is 25.3 Å². The molecule has 0 radical (unpaired) electrons. The number of carbonyl (C=O) groups excluding carboxylic acids is 1. The first kappa shape index (κ1) is 15.0. The van der Waals surface area contributed by atoms with Crippen molar-refractivity contribution < 1.29 is 4.79 Å². The maximum absolute atomic E-state index is 12.0. The smallest absolute Gasteiger partial charge is 0.234 e. The summed E-state index contributed by atoms with van der Waals surface area (Å²) in [7, 11) is 1.98. The van der Waals surface area contributed by atoms with Crippen LogP contribution >= 0.6 is 0 Å². The molecule has 1 saturated heterocycles. The van der Waals surface area contributed by atoms with Crippen molar-refractivity contribution in [1.82, 2.24) is 15.5 Å². The van der Waals surface area contributed by atoms with Gasteiger partial charge in [-0.2, -0.15) is 0 Å². The number of hydrogen-bond donors (Lipinski definition) is 2. The number of hydrogen-bond acceptors (Lipinski definition) is 3. The normalized spacial score (nSPS) is 20.8. The Balaban J connectivity index is 1.70. The maximum atomic E-state index is 12.0. The minimum absolute atomic E-state index is 0.129. The Morgan fingerprint density at radius 1 is 1.40 bits per heavy atom. The van der Waals surface area contributed by atoms with Gasteiger partial charge in [0.2, 0.25) is 5.91 Å². The molecular formula is C16H25N3O. The molecule has 0 saturated carbocycles. The van der Waals surface area contributed by atoms with Crippen LogP contribution in [0.15, 0.2) is 30.3 Å². The number of nitrogens with zero attached hydrogens (tertiary/aromatic N) is 1. The van der Waals surface area contributed by atoms with Crippen molar-refractivity contribution in [1.29, 1.82) is 0 Å². The molecule has 1 aliphatic rings. The molecule has 2 atom stereocenters. The van der Waals surface area contributed by atoms with Crippen LogP contribution in [0.25, 0.3) is 0 Å². The summed E-state index contributed by atoms with van der Waals surface area (Å²) in [6, 6.07) is 10.8. The van der Waals surface area contributed by atoms with E-state index in [1.165, 1.54) is 5.56 Å². The van der Waals surface area contributed by atoms with E-state index in [1.54, 1.807) is 0 Å². The zero-order chi connectivity index (χ0) is 14.4. The summed E-state index contributed by atoms with van der Waals surface area (Å²) in [5.74, 6) is 0.480. The molecule has 110 valence electrons. The van der Waals surface area contributed by atoms with E-state index in [4.69, 9.17) is 0 Å². The molecule has 1 fully saturated rings. The zero-order valence-electron chi connectivity index (χ0n) is 12.4. The van der Waals surface area contributed by atoms with Gasteiger partial charge in [0.15, 0.2) is 0 Å². The van der Waals surface area contributed by atoms with E-state index in [1.807, 2.05) is 25.2 Å². The summed E-state index contributed by atoms with van der Waals surface area (Å²) in [5.41, 5.74) is 1.27. The Morgan fingerprint density at radius 2 is 2.15 bits per heavy atom. The van der Waals surface area contributed by atoms with Crippen LogP contribution in [0.4, 0.5) is 0 Å². The molecule has 20 heavy (non-hydrogen) atoms. The quantitative estimate of drug-likeness (QED) is 0.820. The minimum atomic E-state index is 0.129. The molecule has 1 aromatic rings. The van der Waals surface area contributed by atoms with Gasteiger partial charge in [0.1, 0.15) is 0 Å². The highest BCUT2D eigenvalue weighted by Crippen LogP contribution is 2.13. The van der Waals surface area contributed by atoms with Crippen molar-refractivity contribution in [2.24, 2.45) is 0 Å². The summed E-state index contributed by atoms with van der Waals surface area (Å²) in [4.78, 5) is 14.2. The van der Waals surface area contributed by atoms with E-state index in [0.717, 1.165) is 19.5 Å². The highest BCUT2D eigenvalue weighted by molar-refractivity contribution is 5.78. The average Bonchev–Trinajstić information content (AvgIpc) is 2.93. The van der Waals surface area contributed by atoms with Gasteiger partial charge in [-0.05, 0) is 24.9 Å². The highest BCUT2D eigenvalue weighted by atomic mass is 16.2. The number of likely N-dealkylation sites (N-methyl/N-ethyl adjacent to an activating group) is 1. The second-order valence-corrected chi connectivity index (χ2v) is 5.63. The van der Waals surface area contributed by atoms with Gasteiger partial charge >= 0.3 is 0 Å². The number of nitrogens with one attached hydrogen (secondary N) is 2. The van der Waals surface area contributed by atoms with Gasteiger partial charge in [0.25, 0.3) is 0 Å². The molecule has 1 amide bonds. The largest absolute Gasteiger partial charge is 0.354 e. The predicted octanol–water partition coefficient (Wildman–Crippen LogP) is 1.20. The number of carbonyl (C=O) groups is 1. The molecule has 4 heteroatoms. The SMILES string of the molecule is CNC1CCN(CC(=O)NCC(C)c2ccccc2)C1. The van der Waals surface area contributed by atoms with Crippen molar-refractivity contribution in [3.63, 3.8) is 0 Å². The predicted molar refractivity (Wildman–Crippen MR) is 81.8 cm³/mol. The first-order valence-corrected chi connectivity index (χ1v) is 7.40. The number of amides is 1. The van der Waals surface area contributed by atoms with Gasteiger partial charge in [-0.3, -0.25) is 9.69 Å². The van der Waals surface area contributed by atoms with E-state index < -0.39 is 0 Å². The molecule has 4 nitrogen and oxygen atoms in total. The Bertz CT molecular complexity index is 421. The lowest BCUT2D eigenvalue weighted by Crippen LogP contribution is -2.39. The topological polar surface area (TPSA) is 44.4 Å². The highest BCUT2D eigenvalue weighted by Gasteiger charge is 2.22. The monoisotopic (exact) mass is 275 g/mol. The first-order chi connectivity index (χ1) is 9.69. The fourth-order valence-electron chi connectivity index (χ4n) is 2.64. The van der Waals surface area contributed by atoms with E-state index >= 15 is 0 Å². The molecule has 0 aromatic heterocycles. The van der Waals surface area contributed by atoms with Crippen molar-refractivity contribution in [3.05, 3.63) is 35.9 Å². The molecule has 1 heterocycles. The van der Waals surface area contributed by atoms with Crippen LogP contribution in [0.3, 0.4) is 0 Å². The van der Waals surface area contributed by atoms with Gasteiger partial charge in [0.05, 0.1) is 6.54 Å². The minimum Gasteiger partial charge on any atom is -0.354 e. The van der Waals surface area contributed by atoms with Gasteiger partial charge in [-0.15, -0.1) is 0 Å². The number of likely N-dealkylation sites (tertiary alicyclic amines) is 1. The maximum Gasteiger partial charge on any atom is 0.234 e. The van der Waals surface area contributed by atoms with E-state index in [-0.39, 0.29) is 5.91 Å². The lowest BCUT2D eigenvalue weighted by Gasteiger charge is -2.17. The molecular weight excluding hydrogens is 250 g/mol. The third kappa shape index (κ3) is 4.32. The van der Waals surface area contributed by atoms with Crippen LogP contribution in [0.5, 0.6) is 0 Å². The second kappa shape index (κ2) is 7.41. The zero-order valence-corrected chi connectivity index (χ0v) is 12.4. The molecule has 1 aliphatic heterocycles. The van der Waals surface area contributed by atoms with Crippen molar-refractivity contribution >= 4 is 5.91 Å². The molecule has 1 aromatic carbocycles. The molecule has 0 spiro atoms. The molecule has 0 bridgehead atoms. The van der Waals surface area contributed by atoms with E-state index in [0.29, 0.717) is 25.0 Å². The summed E-state index contributed by atoms with van der Waals surface area (Å²) in [6.45, 7) is 5.33. The Hall–Kier alpha value is -1.39. The van der Waals surface area contributed by atoms with E-state index in [9.17, 15) is 4.79 Å². The third-order valence-electron chi connectivity index (χ3n) is 4.02. The molecule has 0 aliphatic carbocycles. The van der Waals surface area contributed by atoms with Crippen LogP contribution in [0.1, 0.15) is 24.8 Å². The molecule has 2 rings (SSSR count). The molecule has 2 unspecified atom stereocenters. The summed E-state index contributed by atoms with van der Waals surface area (Å²) >= 11 is 0. The van der Waals surface area contributed by atoms with Crippen LogP contribution in [-0.4, -0.2) is 50.1 Å². The second-order valence-electron chi connectivity index (χ2n) is 5.63. The Morgan fingerprint density at radius 3 is 2.80 bits per heavy atom. The first-order valence-electron chi connectivity index (χ1n) is 7.40. The van der Waals surface area contributed by atoms with Gasteiger partial charge < -0.3 is 10.6 Å². The average molecular weight is 275 g/mol. The lowest BCUT2D eigenvalue weighted by atomic mass is 10.0. The third-order valence-corrected chi connectivity index (χ3v) is 4.02. The number of benzene rings is 1. The van der Waals surface area contributed by atoms with Crippen LogP contribution in [-0.2, 0) is 4.79 Å². The van der Waals surface area contributed by atoms with Gasteiger partial charge in [-0.25, -0.2) is 0 Å². The number of rotatable bonds is 6. The lowest BCUT2D eigenvalue weighted by molar-refractivity contribution is -0.122. The van der Waals surface area contributed by atoms with Crippen LogP contribution < -0.4 is 10.6 Å².